The Hall–Kier alpha value is -1.39. The first-order chi connectivity index (χ1) is 12.9. The minimum atomic E-state index is -0.470. The summed E-state index contributed by atoms with van der Waals surface area (Å²) in [5.41, 5.74) is 1.49. The van der Waals surface area contributed by atoms with Gasteiger partial charge in [-0.3, -0.25) is 4.79 Å². The van der Waals surface area contributed by atoms with E-state index < -0.39 is 6.10 Å². The predicted octanol–water partition coefficient (Wildman–Crippen LogP) is 3.85. The van der Waals surface area contributed by atoms with Crippen LogP contribution in [0, 0.1) is 17.8 Å². The van der Waals surface area contributed by atoms with E-state index in [0.29, 0.717) is 24.7 Å². The van der Waals surface area contributed by atoms with Gasteiger partial charge in [-0.15, -0.1) is 0 Å². The number of rotatable bonds is 10. The van der Waals surface area contributed by atoms with E-state index in [2.05, 4.69) is 19.1 Å². The van der Waals surface area contributed by atoms with Crippen LogP contribution in [0.1, 0.15) is 58.3 Å². The Labute approximate surface area is 164 Å². The van der Waals surface area contributed by atoms with Crippen LogP contribution < -0.4 is 0 Å². The first-order valence-electron chi connectivity index (χ1n) is 10.5. The van der Waals surface area contributed by atoms with E-state index in [4.69, 9.17) is 0 Å². The third-order valence-electron chi connectivity index (χ3n) is 5.92. The van der Waals surface area contributed by atoms with Gasteiger partial charge in [0.2, 0.25) is 5.91 Å². The van der Waals surface area contributed by atoms with E-state index in [1.165, 1.54) is 5.57 Å². The maximum Gasteiger partial charge on any atom is 0.222 e. The average molecular weight is 376 g/mol. The molecule has 152 valence electrons. The maximum absolute atomic E-state index is 11.6. The van der Waals surface area contributed by atoms with Crippen molar-refractivity contribution in [2.45, 2.75) is 70.5 Å². The Morgan fingerprint density at radius 3 is 2.81 bits per heavy atom. The minimum Gasteiger partial charge on any atom is -0.392 e. The first kappa shape index (κ1) is 21.9. The number of aliphatic hydroxyl groups is 2. The van der Waals surface area contributed by atoms with Crippen LogP contribution in [0.5, 0.6) is 0 Å². The van der Waals surface area contributed by atoms with Crippen LogP contribution in [0.15, 0.2) is 36.0 Å². The molecule has 2 aliphatic carbocycles. The number of fused-ring (bicyclic) bond motifs is 1. The highest BCUT2D eigenvalue weighted by molar-refractivity contribution is 5.75. The van der Waals surface area contributed by atoms with E-state index in [-0.39, 0.29) is 17.9 Å². The SMILES string of the molecule is CCC=CC[C@H](O)C=C[C@@H]1[C@H]2CC(CCCCC(=O)N(C)C)=C[C@H]2C[C@H]1O. The standard InChI is InChI=1S/C23H37NO3/c1-4-5-6-10-19(25)12-13-20-21-15-17(14-18(21)16-22(20)26)9-7-8-11-23(27)24(2)3/h5-6,12-14,18-22,25-26H,4,7-11,15-16H2,1-3H3/t18-,19-,20+,21-,22+/m0/s1. The largest absolute Gasteiger partial charge is 0.392 e. The number of allylic oxidation sites excluding steroid dienone is 3. The zero-order valence-electron chi connectivity index (χ0n) is 17.2. The van der Waals surface area contributed by atoms with Gasteiger partial charge in [0.1, 0.15) is 0 Å². The second kappa shape index (κ2) is 10.8. The molecule has 0 spiro atoms. The summed E-state index contributed by atoms with van der Waals surface area (Å²) < 4.78 is 0. The van der Waals surface area contributed by atoms with Crippen LogP contribution in [-0.4, -0.2) is 47.3 Å². The predicted molar refractivity (Wildman–Crippen MR) is 110 cm³/mol. The molecule has 2 N–H and O–H groups in total. The summed E-state index contributed by atoms with van der Waals surface area (Å²) in [4.78, 5) is 13.3. The summed E-state index contributed by atoms with van der Waals surface area (Å²) in [5, 5.41) is 20.5. The van der Waals surface area contributed by atoms with E-state index >= 15 is 0 Å². The average Bonchev–Trinajstić information content (AvgIpc) is 3.13. The highest BCUT2D eigenvalue weighted by Gasteiger charge is 2.43. The van der Waals surface area contributed by atoms with Crippen LogP contribution in [0.2, 0.25) is 0 Å². The molecule has 0 aromatic heterocycles. The maximum atomic E-state index is 11.6. The van der Waals surface area contributed by atoms with E-state index in [1.807, 2.05) is 18.2 Å². The fourth-order valence-corrected chi connectivity index (χ4v) is 4.38. The normalized spacial score (nSPS) is 28.7. The molecule has 2 aliphatic rings. The van der Waals surface area contributed by atoms with Crippen molar-refractivity contribution in [2.24, 2.45) is 17.8 Å². The van der Waals surface area contributed by atoms with Gasteiger partial charge in [-0.2, -0.15) is 0 Å². The van der Waals surface area contributed by atoms with Crippen molar-refractivity contribution in [1.29, 1.82) is 0 Å². The summed E-state index contributed by atoms with van der Waals surface area (Å²) in [6, 6.07) is 0. The van der Waals surface area contributed by atoms with Crippen LogP contribution in [-0.2, 0) is 4.79 Å². The number of hydrogen-bond acceptors (Lipinski definition) is 3. The van der Waals surface area contributed by atoms with Gasteiger partial charge < -0.3 is 15.1 Å². The molecule has 0 unspecified atom stereocenters. The Balaban J connectivity index is 1.78. The van der Waals surface area contributed by atoms with Gasteiger partial charge in [0.05, 0.1) is 12.2 Å². The molecule has 5 atom stereocenters. The lowest BCUT2D eigenvalue weighted by Gasteiger charge is -2.18. The molecule has 1 amide bonds. The Morgan fingerprint density at radius 2 is 2.11 bits per heavy atom. The van der Waals surface area contributed by atoms with Gasteiger partial charge in [-0.05, 0) is 56.8 Å². The number of hydrogen-bond donors (Lipinski definition) is 2. The second-order valence-corrected chi connectivity index (χ2v) is 8.30. The second-order valence-electron chi connectivity index (χ2n) is 8.30. The highest BCUT2D eigenvalue weighted by Crippen LogP contribution is 2.48. The number of amides is 1. The zero-order valence-corrected chi connectivity index (χ0v) is 17.2. The zero-order chi connectivity index (χ0) is 19.8. The van der Waals surface area contributed by atoms with Crippen molar-refractivity contribution in [3.05, 3.63) is 36.0 Å². The molecule has 1 fully saturated rings. The fraction of sp³-hybridized carbons (Fsp3) is 0.696. The minimum absolute atomic E-state index is 0.142. The number of nitrogens with zero attached hydrogens (tertiary/aromatic N) is 1. The number of aliphatic hydroxyl groups excluding tert-OH is 2. The van der Waals surface area contributed by atoms with Crippen LogP contribution in [0.3, 0.4) is 0 Å². The molecular weight excluding hydrogens is 338 g/mol. The first-order valence-corrected chi connectivity index (χ1v) is 10.5. The van der Waals surface area contributed by atoms with Gasteiger partial charge in [-0.25, -0.2) is 0 Å². The van der Waals surface area contributed by atoms with Crippen LogP contribution >= 0.6 is 0 Å². The molecule has 0 heterocycles. The Kier molecular flexibility index (Phi) is 8.78. The molecular formula is C23H37NO3. The van der Waals surface area contributed by atoms with Crippen LogP contribution in [0.4, 0.5) is 0 Å². The molecule has 27 heavy (non-hydrogen) atoms. The summed E-state index contributed by atoms with van der Waals surface area (Å²) in [7, 11) is 3.61. The molecule has 0 radical (unpaired) electrons. The van der Waals surface area contributed by atoms with Crippen molar-refractivity contribution in [3.63, 3.8) is 0 Å². The van der Waals surface area contributed by atoms with Gasteiger partial charge in [0.25, 0.3) is 0 Å². The topological polar surface area (TPSA) is 60.8 Å². The molecule has 0 aliphatic heterocycles. The Bertz CT molecular complexity index is 564. The number of unbranched alkanes of at least 4 members (excludes halogenated alkanes) is 1. The lowest BCUT2D eigenvalue weighted by atomic mass is 9.88. The monoisotopic (exact) mass is 375 g/mol. The quantitative estimate of drug-likeness (QED) is 0.450. The van der Waals surface area contributed by atoms with Crippen molar-refractivity contribution < 1.29 is 15.0 Å². The summed E-state index contributed by atoms with van der Waals surface area (Å²) in [6.07, 6.45) is 16.8. The molecule has 2 rings (SSSR count). The van der Waals surface area contributed by atoms with Crippen molar-refractivity contribution in [1.82, 2.24) is 4.90 Å². The highest BCUT2D eigenvalue weighted by atomic mass is 16.3. The van der Waals surface area contributed by atoms with Gasteiger partial charge in [0, 0.05) is 26.4 Å². The summed E-state index contributed by atoms with van der Waals surface area (Å²) in [5.74, 6) is 1.27. The molecule has 0 aromatic carbocycles. The van der Waals surface area contributed by atoms with Crippen molar-refractivity contribution in [3.8, 4) is 0 Å². The molecule has 4 heteroatoms. The smallest absolute Gasteiger partial charge is 0.222 e. The third kappa shape index (κ3) is 6.62. The molecule has 1 saturated carbocycles. The number of carbonyl (C=O) groups is 1. The van der Waals surface area contributed by atoms with E-state index in [1.54, 1.807) is 19.0 Å². The molecule has 4 nitrogen and oxygen atoms in total. The summed E-state index contributed by atoms with van der Waals surface area (Å²) >= 11 is 0. The van der Waals surface area contributed by atoms with Crippen molar-refractivity contribution in [2.75, 3.05) is 14.1 Å². The lowest BCUT2D eigenvalue weighted by molar-refractivity contribution is -0.128. The Morgan fingerprint density at radius 1 is 1.33 bits per heavy atom. The molecule has 0 bridgehead atoms. The van der Waals surface area contributed by atoms with E-state index in [9.17, 15) is 15.0 Å². The number of carbonyl (C=O) groups excluding carboxylic acids is 1. The third-order valence-corrected chi connectivity index (χ3v) is 5.92. The van der Waals surface area contributed by atoms with Gasteiger partial charge in [0.15, 0.2) is 0 Å². The van der Waals surface area contributed by atoms with Crippen molar-refractivity contribution >= 4 is 5.91 Å². The fourth-order valence-electron chi connectivity index (χ4n) is 4.38. The van der Waals surface area contributed by atoms with E-state index in [0.717, 1.165) is 38.5 Å². The molecule has 0 saturated heterocycles. The van der Waals surface area contributed by atoms with Gasteiger partial charge in [-0.1, -0.05) is 42.9 Å². The summed E-state index contributed by atoms with van der Waals surface area (Å²) in [6.45, 7) is 2.08. The lowest BCUT2D eigenvalue weighted by Crippen LogP contribution is -2.21. The molecule has 0 aromatic rings. The van der Waals surface area contributed by atoms with Gasteiger partial charge >= 0.3 is 0 Å². The van der Waals surface area contributed by atoms with Crippen LogP contribution in [0.25, 0.3) is 0 Å².